The van der Waals surface area contributed by atoms with E-state index in [0.29, 0.717) is 22.7 Å². The Hall–Kier alpha value is -3.39. The van der Waals surface area contributed by atoms with Crippen LogP contribution >= 0.6 is 0 Å². The van der Waals surface area contributed by atoms with Crippen molar-refractivity contribution in [1.82, 2.24) is 0 Å². The zero-order chi connectivity index (χ0) is 21.8. The van der Waals surface area contributed by atoms with Gasteiger partial charge >= 0.3 is 0 Å². The van der Waals surface area contributed by atoms with Gasteiger partial charge in [0.2, 0.25) is 17.7 Å². The van der Waals surface area contributed by atoms with Crippen LogP contribution in [0.1, 0.15) is 26.7 Å². The highest BCUT2D eigenvalue weighted by Crippen LogP contribution is 2.55. The van der Waals surface area contributed by atoms with Gasteiger partial charge in [0.25, 0.3) is 0 Å². The quantitative estimate of drug-likeness (QED) is 0.525. The maximum atomic E-state index is 13.5. The Kier molecular flexibility index (Phi) is 4.36. The van der Waals surface area contributed by atoms with Gasteiger partial charge in [-0.25, -0.2) is 0 Å². The number of carbonyl (C=O) groups excluding carboxylic acids is 3. The topological polar surface area (TPSA) is 130 Å². The zero-order valence-electron chi connectivity index (χ0n) is 16.8. The van der Waals surface area contributed by atoms with E-state index < -0.39 is 28.9 Å². The molecule has 2 saturated heterocycles. The lowest BCUT2D eigenvalue weighted by atomic mass is 9.63. The molecule has 0 aromatic heterocycles. The molecule has 2 heterocycles. The van der Waals surface area contributed by atoms with Crippen LogP contribution in [-0.4, -0.2) is 29.1 Å². The van der Waals surface area contributed by atoms with E-state index in [1.54, 1.807) is 62.4 Å². The molecule has 156 valence electrons. The van der Waals surface area contributed by atoms with Crippen LogP contribution in [0.25, 0.3) is 0 Å². The number of rotatable bonds is 3. The Labute approximate surface area is 174 Å². The molecule has 2 fully saturated rings. The van der Waals surface area contributed by atoms with Crippen LogP contribution in [-0.2, 0) is 14.4 Å². The molecule has 3 amide bonds. The van der Waals surface area contributed by atoms with Crippen molar-refractivity contribution in [2.45, 2.75) is 32.9 Å². The van der Waals surface area contributed by atoms with Crippen LogP contribution in [0.2, 0.25) is 0 Å². The third kappa shape index (κ3) is 2.68. The van der Waals surface area contributed by atoms with Crippen molar-refractivity contribution in [1.29, 1.82) is 0 Å². The number of imide groups is 1. The number of anilines is 4. The second-order valence-electron chi connectivity index (χ2n) is 8.42. The summed E-state index contributed by atoms with van der Waals surface area (Å²) in [6, 6.07) is 13.0. The molecule has 3 unspecified atom stereocenters. The lowest BCUT2D eigenvalue weighted by Crippen LogP contribution is -2.49. The number of aliphatic hydroxyl groups is 1. The van der Waals surface area contributed by atoms with E-state index in [0.717, 1.165) is 4.90 Å². The second-order valence-corrected chi connectivity index (χ2v) is 8.42. The third-order valence-electron chi connectivity index (χ3n) is 6.55. The van der Waals surface area contributed by atoms with Crippen LogP contribution in [0.15, 0.2) is 48.5 Å². The van der Waals surface area contributed by atoms with Gasteiger partial charge in [-0.05, 0) is 62.4 Å². The first-order chi connectivity index (χ1) is 14.1. The molecule has 0 radical (unpaired) electrons. The number of nitrogens with zero attached hydrogens (tertiary/aromatic N) is 2. The molecule has 2 aromatic carbocycles. The van der Waals surface area contributed by atoms with E-state index in [9.17, 15) is 19.5 Å². The number of amides is 3. The molecule has 0 spiro atoms. The van der Waals surface area contributed by atoms with Crippen molar-refractivity contribution in [2.24, 2.45) is 10.8 Å². The number of hydrogen-bond acceptors (Lipinski definition) is 6. The Morgan fingerprint density at radius 3 is 1.87 bits per heavy atom. The normalized spacial score (nSPS) is 29.2. The van der Waals surface area contributed by atoms with Crippen LogP contribution in [0.3, 0.4) is 0 Å². The number of carbonyl (C=O) groups is 3. The molecule has 4 rings (SSSR count). The highest BCUT2D eigenvalue weighted by Gasteiger charge is 2.66. The summed E-state index contributed by atoms with van der Waals surface area (Å²) in [6.45, 7) is 3.27. The van der Waals surface area contributed by atoms with Gasteiger partial charge in [0.15, 0.2) is 0 Å². The first-order valence-electron chi connectivity index (χ1n) is 9.69. The van der Waals surface area contributed by atoms with E-state index in [2.05, 4.69) is 0 Å². The largest absolute Gasteiger partial charge is 0.399 e. The molecule has 8 nitrogen and oxygen atoms in total. The third-order valence-corrected chi connectivity index (χ3v) is 6.55. The van der Waals surface area contributed by atoms with Crippen molar-refractivity contribution in [3.05, 3.63) is 48.5 Å². The summed E-state index contributed by atoms with van der Waals surface area (Å²) in [6.07, 6.45) is -1.21. The van der Waals surface area contributed by atoms with Crippen LogP contribution in [0, 0.1) is 10.8 Å². The van der Waals surface area contributed by atoms with E-state index in [-0.39, 0.29) is 18.7 Å². The van der Waals surface area contributed by atoms with Gasteiger partial charge < -0.3 is 16.6 Å². The minimum Gasteiger partial charge on any atom is -0.399 e. The van der Waals surface area contributed by atoms with Crippen molar-refractivity contribution in [2.75, 3.05) is 21.3 Å². The number of nitrogens with two attached hydrogens (primary N) is 2. The molecule has 0 aliphatic carbocycles. The van der Waals surface area contributed by atoms with Gasteiger partial charge in [-0.3, -0.25) is 24.2 Å². The lowest BCUT2D eigenvalue weighted by Gasteiger charge is -2.37. The summed E-state index contributed by atoms with van der Waals surface area (Å²) < 4.78 is 0. The summed E-state index contributed by atoms with van der Waals surface area (Å²) in [5.74, 6) is -1.25. The fourth-order valence-corrected chi connectivity index (χ4v) is 4.46. The summed E-state index contributed by atoms with van der Waals surface area (Å²) in [5, 5.41) is 10.7. The van der Waals surface area contributed by atoms with E-state index in [1.165, 1.54) is 4.90 Å². The number of aliphatic hydroxyl groups excluding tert-OH is 1. The maximum absolute atomic E-state index is 13.5. The molecule has 0 bridgehead atoms. The summed E-state index contributed by atoms with van der Waals surface area (Å²) in [7, 11) is 0. The Balaban J connectivity index is 1.71. The fourth-order valence-electron chi connectivity index (χ4n) is 4.46. The Morgan fingerprint density at radius 2 is 1.33 bits per heavy atom. The highest BCUT2D eigenvalue weighted by atomic mass is 16.3. The van der Waals surface area contributed by atoms with Gasteiger partial charge in [-0.2, -0.15) is 0 Å². The number of hydrogen-bond donors (Lipinski definition) is 3. The lowest BCUT2D eigenvalue weighted by molar-refractivity contribution is -0.141. The minimum atomic E-state index is -1.30. The van der Waals surface area contributed by atoms with Crippen LogP contribution in [0.4, 0.5) is 22.7 Å². The SMILES string of the molecule is CC1(C2(C)CC(O)N(c3ccc(N)cc3)C2=O)CC(=O)N(c2ccc(N)cc2)C1=O. The van der Waals surface area contributed by atoms with Crippen molar-refractivity contribution >= 4 is 40.5 Å². The van der Waals surface area contributed by atoms with Gasteiger partial charge in [-0.1, -0.05) is 0 Å². The van der Waals surface area contributed by atoms with Crippen LogP contribution < -0.4 is 21.3 Å². The predicted molar refractivity (Wildman–Crippen MR) is 113 cm³/mol. The van der Waals surface area contributed by atoms with Crippen molar-refractivity contribution in [3.63, 3.8) is 0 Å². The summed E-state index contributed by atoms with van der Waals surface area (Å²) in [5.41, 5.74) is 10.8. The van der Waals surface area contributed by atoms with Gasteiger partial charge in [0.05, 0.1) is 16.5 Å². The fraction of sp³-hybridized carbons (Fsp3) is 0.318. The average molecular weight is 408 g/mol. The van der Waals surface area contributed by atoms with Gasteiger partial charge in [0, 0.05) is 29.9 Å². The molecule has 2 aromatic rings. The summed E-state index contributed by atoms with van der Waals surface area (Å²) in [4.78, 5) is 42.2. The van der Waals surface area contributed by atoms with E-state index >= 15 is 0 Å². The second kappa shape index (κ2) is 6.56. The molecule has 3 atom stereocenters. The van der Waals surface area contributed by atoms with E-state index in [4.69, 9.17) is 11.5 Å². The smallest absolute Gasteiger partial charge is 0.241 e. The highest BCUT2D eigenvalue weighted by molar-refractivity contribution is 6.24. The number of benzene rings is 2. The molecule has 30 heavy (non-hydrogen) atoms. The zero-order valence-corrected chi connectivity index (χ0v) is 16.8. The van der Waals surface area contributed by atoms with Crippen molar-refractivity contribution in [3.8, 4) is 0 Å². The van der Waals surface area contributed by atoms with Crippen LogP contribution in [0.5, 0.6) is 0 Å². The monoisotopic (exact) mass is 408 g/mol. The van der Waals surface area contributed by atoms with Gasteiger partial charge in [-0.15, -0.1) is 0 Å². The molecule has 2 aliphatic rings. The Bertz CT molecular complexity index is 1040. The maximum Gasteiger partial charge on any atom is 0.241 e. The standard InChI is InChI=1S/C22H24N4O4/c1-21(11-17(27)25(19(21)29)15-7-3-13(23)4-8-15)22(2)12-18(28)26(20(22)30)16-9-5-14(24)6-10-16/h3-10,17,27H,11-12,23-24H2,1-2H3. The first-order valence-corrected chi connectivity index (χ1v) is 9.69. The summed E-state index contributed by atoms with van der Waals surface area (Å²) >= 11 is 0. The van der Waals surface area contributed by atoms with E-state index in [1.807, 2.05) is 0 Å². The Morgan fingerprint density at radius 1 is 0.833 bits per heavy atom. The van der Waals surface area contributed by atoms with Crippen molar-refractivity contribution < 1.29 is 19.5 Å². The first kappa shape index (κ1) is 19.9. The molecule has 0 saturated carbocycles. The van der Waals surface area contributed by atoms with Gasteiger partial charge in [0.1, 0.15) is 6.23 Å². The number of nitrogen functional groups attached to an aromatic ring is 2. The molecule has 8 heteroatoms. The molecular formula is C22H24N4O4. The molecular weight excluding hydrogens is 384 g/mol. The predicted octanol–water partition coefficient (Wildman–Crippen LogP) is 1.88. The average Bonchev–Trinajstić information content (AvgIpc) is 3.08. The molecule has 2 aliphatic heterocycles. The minimum absolute atomic E-state index is 0.0291. The molecule has 5 N–H and O–H groups in total.